The van der Waals surface area contributed by atoms with Crippen molar-refractivity contribution in [3.8, 4) is 5.75 Å². The summed E-state index contributed by atoms with van der Waals surface area (Å²) in [6.45, 7) is 0. The van der Waals surface area contributed by atoms with Gasteiger partial charge in [0.15, 0.2) is 23.2 Å². The van der Waals surface area contributed by atoms with Gasteiger partial charge < -0.3 is 16.2 Å². The maximum absolute atomic E-state index is 13.0. The molecule has 0 saturated heterocycles. The fraction of sp³-hybridized carbons (Fsp3) is 0.143. The van der Waals surface area contributed by atoms with Crippen LogP contribution in [0.2, 0.25) is 0 Å². The Morgan fingerprint density at radius 2 is 1.25 bits per heavy atom. The Morgan fingerprint density at radius 1 is 0.812 bits per heavy atom. The summed E-state index contributed by atoms with van der Waals surface area (Å²) in [6, 6.07) is 0. The van der Waals surface area contributed by atoms with Crippen LogP contribution in [-0.2, 0) is 0 Å². The first kappa shape index (κ1) is 12.3. The van der Waals surface area contributed by atoms with Gasteiger partial charge in [0.1, 0.15) is 11.4 Å². The minimum Gasteiger partial charge on any atom is -0.400 e. The number of alkyl halides is 3. The summed E-state index contributed by atoms with van der Waals surface area (Å²) in [4.78, 5) is 0. The molecule has 0 radical (unpaired) electrons. The van der Waals surface area contributed by atoms with Gasteiger partial charge in [-0.15, -0.1) is 13.2 Å². The third-order valence-corrected chi connectivity index (χ3v) is 1.56. The summed E-state index contributed by atoms with van der Waals surface area (Å²) < 4.78 is 76.9. The van der Waals surface area contributed by atoms with E-state index >= 15 is 0 Å². The first-order chi connectivity index (χ1) is 7.15. The Kier molecular flexibility index (Phi) is 2.80. The number of ether oxygens (including phenoxy) is 1. The van der Waals surface area contributed by atoms with E-state index in [2.05, 4.69) is 10.5 Å². The van der Waals surface area contributed by atoms with Crippen molar-refractivity contribution in [3.63, 3.8) is 0 Å². The molecule has 9 heteroatoms. The van der Waals surface area contributed by atoms with E-state index in [1.165, 1.54) is 0 Å². The number of anilines is 2. The number of rotatable bonds is 1. The third kappa shape index (κ3) is 2.07. The summed E-state index contributed by atoms with van der Waals surface area (Å²) in [5.41, 5.74) is 6.52. The zero-order chi connectivity index (χ0) is 12.7. The van der Waals surface area contributed by atoms with Crippen LogP contribution in [-0.4, -0.2) is 6.36 Å². The Labute approximate surface area is 84.6 Å². The SMILES string of the molecule is Nc1c(F)c(F)c(N)c(OC(F)(F)F)c1F. The summed E-state index contributed by atoms with van der Waals surface area (Å²) in [5.74, 6) is -7.37. The van der Waals surface area contributed by atoms with Gasteiger partial charge in [-0.05, 0) is 0 Å². The van der Waals surface area contributed by atoms with Crippen LogP contribution in [0.3, 0.4) is 0 Å². The summed E-state index contributed by atoms with van der Waals surface area (Å²) in [6.07, 6.45) is -5.30. The highest BCUT2D eigenvalue weighted by Crippen LogP contribution is 2.37. The molecule has 16 heavy (non-hydrogen) atoms. The van der Waals surface area contributed by atoms with E-state index in [-0.39, 0.29) is 0 Å². The van der Waals surface area contributed by atoms with Crippen LogP contribution in [0.15, 0.2) is 0 Å². The zero-order valence-electron chi connectivity index (χ0n) is 7.33. The van der Waals surface area contributed by atoms with E-state index in [9.17, 15) is 26.3 Å². The van der Waals surface area contributed by atoms with E-state index in [1.807, 2.05) is 0 Å². The molecule has 0 aliphatic carbocycles. The fourth-order valence-corrected chi connectivity index (χ4v) is 0.889. The van der Waals surface area contributed by atoms with Crippen LogP contribution in [0, 0.1) is 17.5 Å². The predicted molar refractivity (Wildman–Crippen MR) is 41.8 cm³/mol. The Morgan fingerprint density at radius 3 is 1.69 bits per heavy atom. The Bertz CT molecular complexity index is 401. The van der Waals surface area contributed by atoms with Gasteiger partial charge in [0.25, 0.3) is 0 Å². The zero-order valence-corrected chi connectivity index (χ0v) is 7.33. The second kappa shape index (κ2) is 3.65. The van der Waals surface area contributed by atoms with Crippen molar-refractivity contribution in [2.45, 2.75) is 6.36 Å². The van der Waals surface area contributed by atoms with Crippen LogP contribution in [0.5, 0.6) is 5.75 Å². The van der Waals surface area contributed by atoms with Gasteiger partial charge in [0, 0.05) is 0 Å². The van der Waals surface area contributed by atoms with Crippen LogP contribution in [0.4, 0.5) is 37.7 Å². The number of nitrogens with two attached hydrogens (primary N) is 2. The van der Waals surface area contributed by atoms with E-state index in [1.54, 1.807) is 0 Å². The van der Waals surface area contributed by atoms with Crippen molar-refractivity contribution >= 4 is 11.4 Å². The van der Waals surface area contributed by atoms with Crippen molar-refractivity contribution in [1.82, 2.24) is 0 Å². The molecule has 1 aromatic carbocycles. The molecule has 0 saturated carbocycles. The van der Waals surface area contributed by atoms with E-state index < -0.39 is 40.9 Å². The van der Waals surface area contributed by atoms with E-state index in [0.29, 0.717) is 0 Å². The van der Waals surface area contributed by atoms with Gasteiger partial charge >= 0.3 is 6.36 Å². The van der Waals surface area contributed by atoms with Gasteiger partial charge in [-0.1, -0.05) is 0 Å². The van der Waals surface area contributed by atoms with Crippen LogP contribution < -0.4 is 16.2 Å². The molecule has 90 valence electrons. The standard InChI is InChI=1S/C7H4F6N2O/c8-1-2(9)5(15)6(3(10)4(1)14)16-7(11,12)13/h14-15H2. The number of benzene rings is 1. The lowest BCUT2D eigenvalue weighted by atomic mass is 10.2. The predicted octanol–water partition coefficient (Wildman–Crippen LogP) is 2.17. The van der Waals surface area contributed by atoms with Gasteiger partial charge in [-0.25, -0.2) is 13.2 Å². The molecule has 0 unspecified atom stereocenters. The largest absolute Gasteiger partial charge is 0.573 e. The lowest BCUT2D eigenvalue weighted by molar-refractivity contribution is -0.275. The van der Waals surface area contributed by atoms with Crippen molar-refractivity contribution in [3.05, 3.63) is 17.5 Å². The minimum absolute atomic E-state index is 1.44. The second-order valence-corrected chi connectivity index (χ2v) is 2.65. The summed E-state index contributed by atoms with van der Waals surface area (Å²) in [7, 11) is 0. The lowest BCUT2D eigenvalue weighted by Crippen LogP contribution is -2.20. The first-order valence-corrected chi connectivity index (χ1v) is 3.62. The molecule has 3 nitrogen and oxygen atoms in total. The number of nitrogen functional groups attached to an aromatic ring is 2. The maximum atomic E-state index is 13.0. The van der Waals surface area contributed by atoms with Gasteiger partial charge in [-0.2, -0.15) is 0 Å². The van der Waals surface area contributed by atoms with Crippen LogP contribution in [0.1, 0.15) is 0 Å². The molecule has 0 aliphatic heterocycles. The number of hydrogen-bond donors (Lipinski definition) is 2. The van der Waals surface area contributed by atoms with Crippen molar-refractivity contribution in [2.24, 2.45) is 0 Å². The Balaban J connectivity index is 3.40. The summed E-state index contributed by atoms with van der Waals surface area (Å²) >= 11 is 0. The van der Waals surface area contributed by atoms with Crippen LogP contribution >= 0.6 is 0 Å². The maximum Gasteiger partial charge on any atom is 0.573 e. The topological polar surface area (TPSA) is 61.3 Å². The fourth-order valence-electron chi connectivity index (χ4n) is 0.889. The van der Waals surface area contributed by atoms with E-state index in [0.717, 1.165) is 0 Å². The van der Waals surface area contributed by atoms with Crippen molar-refractivity contribution < 1.29 is 31.1 Å². The highest BCUT2D eigenvalue weighted by Gasteiger charge is 2.35. The van der Waals surface area contributed by atoms with Crippen molar-refractivity contribution in [1.29, 1.82) is 0 Å². The first-order valence-electron chi connectivity index (χ1n) is 3.62. The molecule has 0 aromatic heterocycles. The van der Waals surface area contributed by atoms with Gasteiger partial charge in [0.05, 0.1) is 0 Å². The van der Waals surface area contributed by atoms with Gasteiger partial charge in [-0.3, -0.25) is 0 Å². The molecule has 0 aliphatic rings. The molecule has 1 rings (SSSR count). The molecule has 0 amide bonds. The smallest absolute Gasteiger partial charge is 0.400 e. The second-order valence-electron chi connectivity index (χ2n) is 2.65. The highest BCUT2D eigenvalue weighted by atomic mass is 19.4. The third-order valence-electron chi connectivity index (χ3n) is 1.56. The minimum atomic E-state index is -5.30. The molecule has 1 aromatic rings. The average Bonchev–Trinajstić information content (AvgIpc) is 2.17. The van der Waals surface area contributed by atoms with Crippen molar-refractivity contribution in [2.75, 3.05) is 11.5 Å². The van der Waals surface area contributed by atoms with Crippen LogP contribution in [0.25, 0.3) is 0 Å². The quantitative estimate of drug-likeness (QED) is 0.453. The molecule has 0 heterocycles. The van der Waals surface area contributed by atoms with E-state index in [4.69, 9.17) is 5.73 Å². The molecular formula is C7H4F6N2O. The van der Waals surface area contributed by atoms with Gasteiger partial charge in [0.2, 0.25) is 0 Å². The number of halogens is 6. The molecular weight excluding hydrogens is 242 g/mol. The molecule has 0 spiro atoms. The normalized spacial score (nSPS) is 11.6. The lowest BCUT2D eigenvalue weighted by Gasteiger charge is -2.14. The molecule has 0 bridgehead atoms. The Hall–Kier alpha value is -1.80. The molecule has 0 fully saturated rings. The molecule has 0 atom stereocenters. The number of hydrogen-bond acceptors (Lipinski definition) is 3. The molecule has 4 N–H and O–H groups in total. The summed E-state index contributed by atoms with van der Waals surface area (Å²) in [5, 5.41) is 0. The highest BCUT2D eigenvalue weighted by molar-refractivity contribution is 5.63. The monoisotopic (exact) mass is 246 g/mol. The average molecular weight is 246 g/mol.